The highest BCUT2D eigenvalue weighted by Crippen LogP contribution is 2.27. The monoisotopic (exact) mass is 241 g/mol. The van der Waals surface area contributed by atoms with Gasteiger partial charge < -0.3 is 15.8 Å². The molecule has 0 radical (unpaired) electrons. The first-order chi connectivity index (χ1) is 7.86. The predicted molar refractivity (Wildman–Crippen MR) is 66.8 cm³/mol. The molecule has 1 amide bonds. The average Bonchev–Trinajstić information content (AvgIpc) is 2.76. The number of nitrogens with zero attached hydrogens (tertiary/aromatic N) is 2. The largest absolute Gasteiger partial charge is 0.409 e. The fourth-order valence-electron chi connectivity index (χ4n) is 2.22. The van der Waals surface area contributed by atoms with Crippen molar-refractivity contribution in [3.8, 4) is 0 Å². The molecule has 5 heteroatoms. The summed E-state index contributed by atoms with van der Waals surface area (Å²) in [4.78, 5) is 14.1. The number of rotatable bonds is 3. The van der Waals surface area contributed by atoms with Crippen LogP contribution in [0.4, 0.5) is 0 Å². The molecule has 5 nitrogen and oxygen atoms in total. The van der Waals surface area contributed by atoms with Gasteiger partial charge in [-0.15, -0.1) is 0 Å². The number of amides is 1. The Bertz CT molecular complexity index is 301. The molecule has 0 spiro atoms. The van der Waals surface area contributed by atoms with Gasteiger partial charge in [0.05, 0.1) is 6.54 Å². The Morgan fingerprint density at radius 3 is 2.35 bits per heavy atom. The number of hydrogen-bond acceptors (Lipinski definition) is 3. The van der Waals surface area contributed by atoms with Gasteiger partial charge >= 0.3 is 0 Å². The van der Waals surface area contributed by atoms with Gasteiger partial charge in [0.15, 0.2) is 5.84 Å². The van der Waals surface area contributed by atoms with Crippen LogP contribution in [0.3, 0.4) is 0 Å². The van der Waals surface area contributed by atoms with Crippen molar-refractivity contribution in [2.24, 2.45) is 16.3 Å². The zero-order valence-electron chi connectivity index (χ0n) is 10.9. The molecule has 1 rings (SSSR count). The van der Waals surface area contributed by atoms with Crippen LogP contribution in [0, 0.1) is 5.41 Å². The maximum Gasteiger partial charge on any atom is 0.228 e. The molecule has 1 fully saturated rings. The van der Waals surface area contributed by atoms with E-state index in [0.29, 0.717) is 0 Å². The third kappa shape index (κ3) is 3.61. The molecular formula is C12H23N3O2. The van der Waals surface area contributed by atoms with Gasteiger partial charge in [-0.25, -0.2) is 0 Å². The van der Waals surface area contributed by atoms with Crippen molar-refractivity contribution in [1.82, 2.24) is 4.90 Å². The van der Waals surface area contributed by atoms with E-state index in [1.807, 2.05) is 20.8 Å². The van der Waals surface area contributed by atoms with Crippen LogP contribution < -0.4 is 5.73 Å². The van der Waals surface area contributed by atoms with E-state index in [2.05, 4.69) is 5.16 Å². The lowest BCUT2D eigenvalue weighted by Gasteiger charge is -2.33. The Hall–Kier alpha value is -1.26. The minimum Gasteiger partial charge on any atom is -0.409 e. The van der Waals surface area contributed by atoms with Crippen molar-refractivity contribution in [3.63, 3.8) is 0 Å². The summed E-state index contributed by atoms with van der Waals surface area (Å²) in [5, 5.41) is 11.6. The van der Waals surface area contributed by atoms with Crippen molar-refractivity contribution in [1.29, 1.82) is 0 Å². The van der Waals surface area contributed by atoms with Crippen molar-refractivity contribution >= 4 is 11.7 Å². The molecule has 0 aromatic carbocycles. The van der Waals surface area contributed by atoms with Crippen LogP contribution in [-0.4, -0.2) is 34.4 Å². The molecule has 0 saturated heterocycles. The number of carbonyl (C=O) groups is 1. The minimum atomic E-state index is -0.432. The predicted octanol–water partition coefficient (Wildman–Crippen LogP) is 1.55. The van der Waals surface area contributed by atoms with Crippen molar-refractivity contribution in [3.05, 3.63) is 0 Å². The van der Waals surface area contributed by atoms with Gasteiger partial charge in [-0.05, 0) is 12.8 Å². The first kappa shape index (κ1) is 13.8. The van der Waals surface area contributed by atoms with Gasteiger partial charge in [0.1, 0.15) is 0 Å². The lowest BCUT2D eigenvalue weighted by molar-refractivity contribution is -0.140. The van der Waals surface area contributed by atoms with Gasteiger partial charge in [-0.1, -0.05) is 38.8 Å². The zero-order chi connectivity index (χ0) is 13.1. The van der Waals surface area contributed by atoms with E-state index in [4.69, 9.17) is 10.9 Å². The molecule has 0 atom stereocenters. The van der Waals surface area contributed by atoms with Crippen molar-refractivity contribution in [2.45, 2.75) is 52.5 Å². The topological polar surface area (TPSA) is 78.9 Å². The summed E-state index contributed by atoms with van der Waals surface area (Å²) in [6.45, 7) is 5.90. The van der Waals surface area contributed by atoms with Crippen molar-refractivity contribution < 1.29 is 10.0 Å². The second-order valence-electron chi connectivity index (χ2n) is 5.71. The smallest absolute Gasteiger partial charge is 0.228 e. The lowest BCUT2D eigenvalue weighted by Crippen LogP contribution is -2.48. The maximum atomic E-state index is 12.3. The summed E-state index contributed by atoms with van der Waals surface area (Å²) in [7, 11) is 0. The number of hydrogen-bond donors (Lipinski definition) is 2. The molecule has 0 aromatic heterocycles. The highest BCUT2D eigenvalue weighted by molar-refractivity contribution is 5.89. The lowest BCUT2D eigenvalue weighted by atomic mass is 9.93. The summed E-state index contributed by atoms with van der Waals surface area (Å²) in [6, 6.07) is 0.238. The molecule has 0 bridgehead atoms. The average molecular weight is 241 g/mol. The van der Waals surface area contributed by atoms with Gasteiger partial charge in [0, 0.05) is 11.5 Å². The van der Waals surface area contributed by atoms with Crippen LogP contribution in [0.2, 0.25) is 0 Å². The van der Waals surface area contributed by atoms with E-state index < -0.39 is 5.41 Å². The van der Waals surface area contributed by atoms with Gasteiger partial charge in [-0.2, -0.15) is 0 Å². The summed E-state index contributed by atoms with van der Waals surface area (Å²) in [5.41, 5.74) is 5.10. The molecule has 3 N–H and O–H groups in total. The molecule has 1 aliphatic rings. The van der Waals surface area contributed by atoms with Crippen LogP contribution in [0.15, 0.2) is 5.16 Å². The zero-order valence-corrected chi connectivity index (χ0v) is 10.9. The number of carbonyl (C=O) groups excluding carboxylic acids is 1. The van der Waals surface area contributed by atoms with E-state index >= 15 is 0 Å². The molecule has 0 unspecified atom stereocenters. The van der Waals surface area contributed by atoms with Crippen LogP contribution >= 0.6 is 0 Å². The van der Waals surface area contributed by atoms with Crippen molar-refractivity contribution in [2.75, 3.05) is 6.54 Å². The van der Waals surface area contributed by atoms with Crippen LogP contribution in [-0.2, 0) is 4.79 Å². The fourth-order valence-corrected chi connectivity index (χ4v) is 2.22. The summed E-state index contributed by atoms with van der Waals surface area (Å²) < 4.78 is 0. The highest BCUT2D eigenvalue weighted by Gasteiger charge is 2.33. The SMILES string of the molecule is CC(C)(C)C(=O)N(CC(N)=NO)C1CCCC1. The first-order valence-corrected chi connectivity index (χ1v) is 6.13. The second kappa shape index (κ2) is 5.38. The second-order valence-corrected chi connectivity index (χ2v) is 5.71. The van der Waals surface area contributed by atoms with Crippen LogP contribution in [0.25, 0.3) is 0 Å². The molecule has 0 heterocycles. The molecule has 1 saturated carbocycles. The van der Waals surface area contributed by atoms with Gasteiger partial charge in [0.2, 0.25) is 5.91 Å². The van der Waals surface area contributed by atoms with Gasteiger partial charge in [0.25, 0.3) is 0 Å². The molecule has 0 aromatic rings. The molecule has 17 heavy (non-hydrogen) atoms. The third-order valence-electron chi connectivity index (χ3n) is 3.13. The first-order valence-electron chi connectivity index (χ1n) is 6.13. The quantitative estimate of drug-likeness (QED) is 0.340. The number of amidine groups is 1. The maximum absolute atomic E-state index is 12.3. The minimum absolute atomic E-state index is 0.0657. The highest BCUT2D eigenvalue weighted by atomic mass is 16.4. The third-order valence-corrected chi connectivity index (χ3v) is 3.13. The van der Waals surface area contributed by atoms with Gasteiger partial charge in [-0.3, -0.25) is 4.79 Å². The van der Waals surface area contributed by atoms with E-state index in [-0.39, 0.29) is 24.3 Å². The summed E-state index contributed by atoms with van der Waals surface area (Å²) in [6.07, 6.45) is 4.32. The Balaban J connectivity index is 2.81. The van der Waals surface area contributed by atoms with E-state index in [0.717, 1.165) is 25.7 Å². The molecule has 98 valence electrons. The van der Waals surface area contributed by atoms with E-state index in [1.165, 1.54) is 0 Å². The Labute approximate surface area is 103 Å². The number of oxime groups is 1. The standard InChI is InChI=1S/C12H23N3O2/c1-12(2,3)11(16)15(8-10(13)14-17)9-6-4-5-7-9/h9,17H,4-8H2,1-3H3,(H2,13,14). The Morgan fingerprint density at radius 2 is 1.94 bits per heavy atom. The van der Waals surface area contributed by atoms with E-state index in [1.54, 1.807) is 4.90 Å². The van der Waals surface area contributed by atoms with Crippen LogP contribution in [0.1, 0.15) is 46.5 Å². The van der Waals surface area contributed by atoms with E-state index in [9.17, 15) is 4.79 Å². The summed E-state index contributed by atoms with van der Waals surface area (Å²) >= 11 is 0. The fraction of sp³-hybridized carbons (Fsp3) is 0.833. The molecular weight excluding hydrogens is 218 g/mol. The van der Waals surface area contributed by atoms with Crippen LogP contribution in [0.5, 0.6) is 0 Å². The Morgan fingerprint density at radius 1 is 1.41 bits per heavy atom. The number of nitrogens with two attached hydrogens (primary N) is 1. The summed E-state index contributed by atoms with van der Waals surface area (Å²) in [5.74, 6) is 0.158. The molecule has 1 aliphatic carbocycles. The molecule has 0 aliphatic heterocycles. The Kier molecular flexibility index (Phi) is 4.37. The normalized spacial score (nSPS) is 18.4.